The number of fused-ring (bicyclic) bond motifs is 1. The fraction of sp³-hybridized carbons (Fsp3) is 0.240. The number of hydrogen-bond acceptors (Lipinski definition) is 3. The lowest BCUT2D eigenvalue weighted by Crippen LogP contribution is -2.41. The number of ether oxygens (including phenoxy) is 1. The molecule has 156 valence electrons. The predicted molar refractivity (Wildman–Crippen MR) is 124 cm³/mol. The molecule has 30 heavy (non-hydrogen) atoms. The summed E-state index contributed by atoms with van der Waals surface area (Å²) in [6.45, 7) is 9.58. The summed E-state index contributed by atoms with van der Waals surface area (Å²) >= 11 is 0. The summed E-state index contributed by atoms with van der Waals surface area (Å²) in [5.74, 6) is -0.450. The molecule has 0 amide bonds. The van der Waals surface area contributed by atoms with Crippen molar-refractivity contribution < 1.29 is 13.7 Å². The van der Waals surface area contributed by atoms with Crippen LogP contribution < -0.4 is 4.72 Å². The fourth-order valence-corrected chi connectivity index (χ4v) is 3.98. The molecule has 0 saturated heterocycles. The molecule has 0 radical (unpaired) electrons. The van der Waals surface area contributed by atoms with Gasteiger partial charge in [-0.2, -0.15) is 0 Å². The van der Waals surface area contributed by atoms with Crippen molar-refractivity contribution in [2.45, 2.75) is 37.7 Å². The molecule has 3 rings (SSSR count). The maximum absolute atomic E-state index is 13.0. The molecule has 3 aromatic rings. The topological polar surface area (TPSA) is 55.4 Å². The van der Waals surface area contributed by atoms with Crippen molar-refractivity contribution >= 4 is 27.7 Å². The molecule has 0 aliphatic rings. The average Bonchev–Trinajstić information content (AvgIpc) is 2.75. The standard InChI is InChI=1S/C25H27NO3S/c1-5-22(29-24(27)19-13-7-6-8-14-19)23(26-30(28)25(2,3)4)21-17-11-15-18-12-9-10-16-20(18)21/h5-17,22-23,26H,1H2,2-4H3/t22-,23+,30+/m0/s1. The third-order valence-corrected chi connectivity index (χ3v) is 6.34. The monoisotopic (exact) mass is 421 g/mol. The van der Waals surface area contributed by atoms with E-state index in [1.807, 2.05) is 69.3 Å². The molecule has 0 bridgehead atoms. The average molecular weight is 422 g/mol. The van der Waals surface area contributed by atoms with Crippen molar-refractivity contribution in [3.05, 3.63) is 96.6 Å². The molecular weight excluding hydrogens is 394 g/mol. The Kier molecular flexibility index (Phi) is 6.85. The predicted octanol–water partition coefficient (Wildman–Crippen LogP) is 5.34. The van der Waals surface area contributed by atoms with Crippen LogP contribution in [0, 0.1) is 0 Å². The second kappa shape index (κ2) is 9.37. The number of carbonyl (C=O) groups excluding carboxylic acids is 1. The molecule has 0 saturated carbocycles. The largest absolute Gasteiger partial charge is 0.452 e. The van der Waals surface area contributed by atoms with E-state index in [0.29, 0.717) is 5.56 Å². The van der Waals surface area contributed by atoms with Crippen molar-refractivity contribution in [2.24, 2.45) is 0 Å². The molecule has 3 atom stereocenters. The van der Waals surface area contributed by atoms with Gasteiger partial charge in [-0.3, -0.25) is 0 Å². The lowest BCUT2D eigenvalue weighted by molar-refractivity contribution is 0.0337. The van der Waals surface area contributed by atoms with Crippen molar-refractivity contribution in [2.75, 3.05) is 0 Å². The summed E-state index contributed by atoms with van der Waals surface area (Å²) in [6, 6.07) is 22.2. The maximum atomic E-state index is 13.0. The molecule has 0 spiro atoms. The van der Waals surface area contributed by atoms with Gasteiger partial charge in [0.2, 0.25) is 0 Å². The van der Waals surface area contributed by atoms with Crippen LogP contribution >= 0.6 is 0 Å². The van der Waals surface area contributed by atoms with E-state index in [2.05, 4.69) is 11.3 Å². The Bertz CT molecular complexity index is 1050. The number of carbonyl (C=O) groups is 1. The van der Waals surface area contributed by atoms with Gasteiger partial charge in [0.15, 0.2) is 0 Å². The highest BCUT2D eigenvalue weighted by atomic mass is 32.2. The Balaban J connectivity index is 2.02. The third-order valence-electron chi connectivity index (χ3n) is 4.76. The summed E-state index contributed by atoms with van der Waals surface area (Å²) < 4.78 is 21.5. The minimum Gasteiger partial charge on any atom is -0.452 e. The minimum atomic E-state index is -1.38. The van der Waals surface area contributed by atoms with Gasteiger partial charge in [-0.05, 0) is 55.3 Å². The number of benzene rings is 3. The molecule has 0 fully saturated rings. The van der Waals surface area contributed by atoms with Crippen LogP contribution in [0.15, 0.2) is 85.5 Å². The fourth-order valence-electron chi connectivity index (χ4n) is 3.14. The van der Waals surface area contributed by atoms with E-state index < -0.39 is 33.8 Å². The van der Waals surface area contributed by atoms with Crippen LogP contribution in [0.5, 0.6) is 0 Å². The van der Waals surface area contributed by atoms with E-state index in [4.69, 9.17) is 4.74 Å². The van der Waals surface area contributed by atoms with Gasteiger partial charge in [-0.25, -0.2) is 13.7 Å². The quantitative estimate of drug-likeness (QED) is 0.414. The Morgan fingerprint density at radius 2 is 1.63 bits per heavy atom. The van der Waals surface area contributed by atoms with Crippen LogP contribution in [0.4, 0.5) is 0 Å². The van der Waals surface area contributed by atoms with Crippen LogP contribution in [0.1, 0.15) is 42.7 Å². The second-order valence-corrected chi connectivity index (χ2v) is 10.0. The van der Waals surface area contributed by atoms with Crippen molar-refractivity contribution in [1.29, 1.82) is 0 Å². The van der Waals surface area contributed by atoms with E-state index in [-0.39, 0.29) is 0 Å². The summed E-state index contributed by atoms with van der Waals surface area (Å²) in [7, 11) is -1.38. The molecule has 1 N–H and O–H groups in total. The zero-order valence-corrected chi connectivity index (χ0v) is 18.3. The molecular formula is C25H27NO3S. The summed E-state index contributed by atoms with van der Waals surface area (Å²) in [4.78, 5) is 12.7. The first-order valence-corrected chi connectivity index (χ1v) is 11.0. The van der Waals surface area contributed by atoms with Gasteiger partial charge in [-0.1, -0.05) is 67.2 Å². The van der Waals surface area contributed by atoms with Gasteiger partial charge in [0.05, 0.1) is 27.3 Å². The lowest BCUT2D eigenvalue weighted by Gasteiger charge is -2.29. The van der Waals surface area contributed by atoms with Gasteiger partial charge in [0.1, 0.15) is 6.10 Å². The van der Waals surface area contributed by atoms with Gasteiger partial charge < -0.3 is 4.74 Å². The first-order valence-electron chi connectivity index (χ1n) is 9.85. The van der Waals surface area contributed by atoms with Crippen LogP contribution in [0.2, 0.25) is 0 Å². The van der Waals surface area contributed by atoms with E-state index in [0.717, 1.165) is 16.3 Å². The molecule has 4 nitrogen and oxygen atoms in total. The molecule has 0 heterocycles. The van der Waals surface area contributed by atoms with Crippen LogP contribution in [0.25, 0.3) is 10.8 Å². The van der Waals surface area contributed by atoms with Crippen molar-refractivity contribution in [3.8, 4) is 0 Å². The van der Waals surface area contributed by atoms with Gasteiger partial charge in [-0.15, -0.1) is 0 Å². The number of rotatable bonds is 7. The summed E-state index contributed by atoms with van der Waals surface area (Å²) in [6.07, 6.45) is 0.870. The van der Waals surface area contributed by atoms with Gasteiger partial charge in [0.25, 0.3) is 0 Å². The summed E-state index contributed by atoms with van der Waals surface area (Å²) in [5, 5.41) is 2.06. The van der Waals surface area contributed by atoms with E-state index in [1.165, 1.54) is 0 Å². The van der Waals surface area contributed by atoms with E-state index in [1.54, 1.807) is 30.3 Å². The Hall–Kier alpha value is -2.76. The number of nitrogens with one attached hydrogen (secondary N) is 1. The smallest absolute Gasteiger partial charge is 0.338 e. The highest BCUT2D eigenvalue weighted by Gasteiger charge is 2.31. The van der Waals surface area contributed by atoms with E-state index >= 15 is 0 Å². The molecule has 0 aromatic heterocycles. The first kappa shape index (κ1) is 21.9. The normalized spacial score (nSPS) is 14.6. The summed E-state index contributed by atoms with van der Waals surface area (Å²) in [5.41, 5.74) is 1.36. The molecule has 0 aliphatic carbocycles. The highest BCUT2D eigenvalue weighted by molar-refractivity contribution is 7.84. The van der Waals surface area contributed by atoms with Crippen LogP contribution in [0.3, 0.4) is 0 Å². The molecule has 0 unspecified atom stereocenters. The first-order chi connectivity index (χ1) is 14.3. The Morgan fingerprint density at radius 3 is 2.30 bits per heavy atom. The Labute approximate surface area is 180 Å². The zero-order valence-electron chi connectivity index (χ0n) is 17.5. The Morgan fingerprint density at radius 1 is 1.00 bits per heavy atom. The van der Waals surface area contributed by atoms with Crippen molar-refractivity contribution in [1.82, 2.24) is 4.72 Å². The molecule has 0 aliphatic heterocycles. The van der Waals surface area contributed by atoms with Gasteiger partial charge >= 0.3 is 5.97 Å². The van der Waals surface area contributed by atoms with Crippen LogP contribution in [-0.4, -0.2) is 21.0 Å². The second-order valence-electron chi connectivity index (χ2n) is 8.02. The van der Waals surface area contributed by atoms with Crippen LogP contribution in [-0.2, 0) is 15.7 Å². The molecule has 5 heteroatoms. The van der Waals surface area contributed by atoms with Crippen molar-refractivity contribution in [3.63, 3.8) is 0 Å². The number of hydrogen-bond donors (Lipinski definition) is 1. The highest BCUT2D eigenvalue weighted by Crippen LogP contribution is 2.30. The maximum Gasteiger partial charge on any atom is 0.338 e. The lowest BCUT2D eigenvalue weighted by atomic mass is 9.95. The van der Waals surface area contributed by atoms with E-state index in [9.17, 15) is 9.00 Å². The molecule has 3 aromatic carbocycles. The minimum absolute atomic E-state index is 0.450. The zero-order chi connectivity index (χ0) is 21.7. The number of esters is 1. The SMILES string of the molecule is C=C[C@H](OC(=O)c1ccccc1)[C@H](N[S@](=O)C(C)(C)C)c1cccc2ccccc12. The third kappa shape index (κ3) is 5.04. The van der Waals surface area contributed by atoms with Gasteiger partial charge in [0, 0.05) is 0 Å².